The Balaban J connectivity index is 2.84. The van der Waals surface area contributed by atoms with Crippen LogP contribution in [0.4, 0.5) is 13.2 Å². The van der Waals surface area contributed by atoms with Gasteiger partial charge in [-0.25, -0.2) is 4.98 Å². The average Bonchev–Trinajstić information content (AvgIpc) is 2.26. The number of rotatable bonds is 6. The van der Waals surface area contributed by atoms with Crippen LogP contribution >= 0.6 is 0 Å². The normalized spacial score (nSPS) is 11.6. The number of aliphatic carboxylic acids is 1. The van der Waals surface area contributed by atoms with Gasteiger partial charge in [0, 0.05) is 18.3 Å². The summed E-state index contributed by atoms with van der Waals surface area (Å²) in [6.45, 7) is -2.22. The van der Waals surface area contributed by atoms with Crippen molar-refractivity contribution in [2.75, 3.05) is 20.2 Å². The molecule has 0 aliphatic carbocycles. The zero-order chi connectivity index (χ0) is 14.5. The molecule has 106 valence electrons. The highest BCUT2D eigenvalue weighted by Crippen LogP contribution is 2.20. The smallest absolute Gasteiger partial charge is 0.401 e. The highest BCUT2D eigenvalue weighted by Gasteiger charge is 2.31. The summed E-state index contributed by atoms with van der Waals surface area (Å²) in [4.78, 5) is 15.2. The minimum atomic E-state index is -4.47. The number of methoxy groups -OCH3 is 1. The molecular weight excluding hydrogens is 265 g/mol. The molecule has 1 aromatic rings. The van der Waals surface area contributed by atoms with E-state index >= 15 is 0 Å². The molecule has 0 spiro atoms. The second-order valence-electron chi connectivity index (χ2n) is 3.83. The summed E-state index contributed by atoms with van der Waals surface area (Å²) < 4.78 is 42.0. The van der Waals surface area contributed by atoms with E-state index in [2.05, 4.69) is 4.98 Å². The minimum absolute atomic E-state index is 0.181. The second kappa shape index (κ2) is 6.37. The molecule has 0 unspecified atom stereocenters. The van der Waals surface area contributed by atoms with Crippen LogP contribution in [0.5, 0.6) is 5.88 Å². The third-order valence-electron chi connectivity index (χ3n) is 2.20. The molecule has 0 bridgehead atoms. The van der Waals surface area contributed by atoms with Gasteiger partial charge in [-0.3, -0.25) is 9.69 Å². The lowest BCUT2D eigenvalue weighted by molar-refractivity contribution is -0.154. The number of halogens is 3. The molecule has 0 saturated heterocycles. The van der Waals surface area contributed by atoms with E-state index in [9.17, 15) is 18.0 Å². The van der Waals surface area contributed by atoms with Crippen molar-refractivity contribution in [3.05, 3.63) is 23.9 Å². The Morgan fingerprint density at radius 3 is 2.74 bits per heavy atom. The van der Waals surface area contributed by atoms with Crippen LogP contribution < -0.4 is 4.74 Å². The van der Waals surface area contributed by atoms with Gasteiger partial charge in [0.2, 0.25) is 5.88 Å². The van der Waals surface area contributed by atoms with Gasteiger partial charge in [-0.05, 0) is 6.07 Å². The molecule has 1 heterocycles. The Hall–Kier alpha value is -1.83. The van der Waals surface area contributed by atoms with E-state index in [1.165, 1.54) is 19.4 Å². The molecule has 0 saturated carbocycles. The third-order valence-corrected chi connectivity index (χ3v) is 2.20. The van der Waals surface area contributed by atoms with Crippen molar-refractivity contribution in [2.24, 2.45) is 0 Å². The molecule has 0 aliphatic heterocycles. The van der Waals surface area contributed by atoms with Crippen molar-refractivity contribution >= 4 is 5.97 Å². The maximum Gasteiger partial charge on any atom is 0.401 e. The quantitative estimate of drug-likeness (QED) is 0.855. The van der Waals surface area contributed by atoms with Crippen molar-refractivity contribution in [1.82, 2.24) is 9.88 Å². The van der Waals surface area contributed by atoms with Gasteiger partial charge in [0.1, 0.15) is 0 Å². The SMILES string of the molecule is COc1ncccc1CN(CC(=O)O)CC(F)(F)F. The molecule has 0 fully saturated rings. The number of pyridine rings is 1. The van der Waals surface area contributed by atoms with Crippen LogP contribution in [0.15, 0.2) is 18.3 Å². The fourth-order valence-corrected chi connectivity index (χ4v) is 1.58. The van der Waals surface area contributed by atoms with E-state index in [-0.39, 0.29) is 12.4 Å². The lowest BCUT2D eigenvalue weighted by Crippen LogP contribution is -2.37. The summed E-state index contributed by atoms with van der Waals surface area (Å²) in [7, 11) is 1.34. The predicted octanol–water partition coefficient (Wildman–Crippen LogP) is 1.54. The predicted molar refractivity (Wildman–Crippen MR) is 59.8 cm³/mol. The van der Waals surface area contributed by atoms with E-state index in [4.69, 9.17) is 9.84 Å². The van der Waals surface area contributed by atoms with E-state index < -0.39 is 25.2 Å². The molecule has 0 aromatic carbocycles. The Morgan fingerprint density at radius 2 is 2.21 bits per heavy atom. The van der Waals surface area contributed by atoms with E-state index in [1.54, 1.807) is 6.07 Å². The van der Waals surface area contributed by atoms with Crippen LogP contribution in [0, 0.1) is 0 Å². The highest BCUT2D eigenvalue weighted by atomic mass is 19.4. The van der Waals surface area contributed by atoms with Crippen LogP contribution in [0.25, 0.3) is 0 Å². The number of carboxylic acid groups (broad SMARTS) is 1. The van der Waals surface area contributed by atoms with Crippen molar-refractivity contribution in [2.45, 2.75) is 12.7 Å². The topological polar surface area (TPSA) is 62.7 Å². The maximum atomic E-state index is 12.4. The molecule has 1 N–H and O–H groups in total. The number of hydrogen-bond acceptors (Lipinski definition) is 4. The Kier molecular flexibility index (Phi) is 5.11. The molecule has 0 amide bonds. The van der Waals surface area contributed by atoms with Crippen molar-refractivity contribution < 1.29 is 27.8 Å². The molecule has 5 nitrogen and oxygen atoms in total. The fourth-order valence-electron chi connectivity index (χ4n) is 1.58. The molecule has 0 atom stereocenters. The number of carbonyl (C=O) groups is 1. The summed E-state index contributed by atoms with van der Waals surface area (Å²) in [5.74, 6) is -1.15. The molecule has 19 heavy (non-hydrogen) atoms. The monoisotopic (exact) mass is 278 g/mol. The Morgan fingerprint density at radius 1 is 1.53 bits per heavy atom. The summed E-state index contributed by atoms with van der Waals surface area (Å²) >= 11 is 0. The number of nitrogens with zero attached hydrogens (tertiary/aromatic N) is 2. The summed E-state index contributed by atoms with van der Waals surface area (Å²) in [6, 6.07) is 3.08. The van der Waals surface area contributed by atoms with Gasteiger partial charge in [-0.15, -0.1) is 0 Å². The van der Waals surface area contributed by atoms with Gasteiger partial charge < -0.3 is 9.84 Å². The number of carboxylic acids is 1. The van der Waals surface area contributed by atoms with Gasteiger partial charge in [-0.1, -0.05) is 6.07 Å². The Labute approximate surface area is 107 Å². The van der Waals surface area contributed by atoms with E-state index in [1.807, 2.05) is 0 Å². The zero-order valence-electron chi connectivity index (χ0n) is 10.1. The average molecular weight is 278 g/mol. The summed E-state index contributed by atoms with van der Waals surface area (Å²) in [5, 5.41) is 8.63. The number of hydrogen-bond donors (Lipinski definition) is 1. The summed E-state index contributed by atoms with van der Waals surface area (Å²) in [5.41, 5.74) is 0.399. The van der Waals surface area contributed by atoms with E-state index in [0.29, 0.717) is 5.56 Å². The van der Waals surface area contributed by atoms with Gasteiger partial charge in [0.15, 0.2) is 0 Å². The van der Waals surface area contributed by atoms with Crippen LogP contribution in [-0.4, -0.2) is 47.3 Å². The van der Waals surface area contributed by atoms with Crippen LogP contribution in [0.1, 0.15) is 5.56 Å². The second-order valence-corrected chi connectivity index (χ2v) is 3.83. The lowest BCUT2D eigenvalue weighted by Gasteiger charge is -2.22. The molecule has 1 aromatic heterocycles. The highest BCUT2D eigenvalue weighted by molar-refractivity contribution is 5.69. The molecule has 1 rings (SSSR count). The van der Waals surface area contributed by atoms with Crippen LogP contribution in [0.2, 0.25) is 0 Å². The minimum Gasteiger partial charge on any atom is -0.481 e. The molecule has 0 radical (unpaired) electrons. The van der Waals surface area contributed by atoms with Gasteiger partial charge in [0.05, 0.1) is 20.2 Å². The van der Waals surface area contributed by atoms with Gasteiger partial charge in [0.25, 0.3) is 0 Å². The number of ether oxygens (including phenoxy) is 1. The number of alkyl halides is 3. The molecule has 8 heteroatoms. The standard InChI is InChI=1S/C11H13F3N2O3/c1-19-10-8(3-2-4-15-10)5-16(6-9(17)18)7-11(12,13)14/h2-4H,5-7H2,1H3,(H,17,18). The first-order chi connectivity index (χ1) is 8.81. The molecule has 0 aliphatic rings. The van der Waals surface area contributed by atoms with Crippen LogP contribution in [0.3, 0.4) is 0 Å². The molecular formula is C11H13F3N2O3. The first-order valence-electron chi connectivity index (χ1n) is 5.30. The van der Waals surface area contributed by atoms with Crippen LogP contribution in [-0.2, 0) is 11.3 Å². The van der Waals surface area contributed by atoms with Gasteiger partial charge >= 0.3 is 12.1 Å². The first kappa shape index (κ1) is 15.2. The zero-order valence-corrected chi connectivity index (χ0v) is 10.1. The third kappa shape index (κ3) is 5.56. The fraction of sp³-hybridized carbons (Fsp3) is 0.455. The van der Waals surface area contributed by atoms with Crippen molar-refractivity contribution in [1.29, 1.82) is 0 Å². The van der Waals surface area contributed by atoms with E-state index in [0.717, 1.165) is 4.90 Å². The summed E-state index contributed by atoms with van der Waals surface area (Å²) in [6.07, 6.45) is -3.03. The number of aromatic nitrogens is 1. The Bertz CT molecular complexity index is 437. The van der Waals surface area contributed by atoms with Crippen molar-refractivity contribution in [3.8, 4) is 5.88 Å². The lowest BCUT2D eigenvalue weighted by atomic mass is 10.2. The largest absolute Gasteiger partial charge is 0.481 e. The maximum absolute atomic E-state index is 12.4. The first-order valence-corrected chi connectivity index (χ1v) is 5.30. The van der Waals surface area contributed by atoms with Crippen molar-refractivity contribution in [3.63, 3.8) is 0 Å². The van der Waals surface area contributed by atoms with Gasteiger partial charge in [-0.2, -0.15) is 13.2 Å².